The topological polar surface area (TPSA) is 75.9 Å². The van der Waals surface area contributed by atoms with Gasteiger partial charge in [-0.2, -0.15) is 5.10 Å². The fourth-order valence-electron chi connectivity index (χ4n) is 2.50. The van der Waals surface area contributed by atoms with Crippen molar-refractivity contribution in [1.82, 2.24) is 19.7 Å². The zero-order valence-corrected chi connectivity index (χ0v) is 15.2. The van der Waals surface area contributed by atoms with E-state index in [-0.39, 0.29) is 5.91 Å². The first-order valence-corrected chi connectivity index (χ1v) is 8.42. The minimum atomic E-state index is -0.277. The van der Waals surface area contributed by atoms with Gasteiger partial charge < -0.3 is 10.2 Å². The standard InChI is InChI=1S/C19H22N6O/c1-14-11-17(23-19(21-14)24(2)3)18(26)22-16-12-20-25(13-16)10-9-15-7-5-4-6-8-15/h4-8,11-13H,9-10H2,1-3H3,(H,22,26). The molecule has 0 radical (unpaired) electrons. The fourth-order valence-corrected chi connectivity index (χ4v) is 2.50. The number of hydrogen-bond acceptors (Lipinski definition) is 5. The second-order valence-corrected chi connectivity index (χ2v) is 6.27. The maximum absolute atomic E-state index is 12.5. The van der Waals surface area contributed by atoms with Gasteiger partial charge in [0, 0.05) is 32.5 Å². The van der Waals surface area contributed by atoms with Crippen molar-refractivity contribution in [3.63, 3.8) is 0 Å². The highest BCUT2D eigenvalue weighted by atomic mass is 16.1. The van der Waals surface area contributed by atoms with Gasteiger partial charge in [0.2, 0.25) is 5.95 Å². The number of nitrogens with zero attached hydrogens (tertiary/aromatic N) is 5. The SMILES string of the molecule is Cc1cc(C(=O)Nc2cnn(CCc3ccccc3)c2)nc(N(C)C)n1. The van der Waals surface area contributed by atoms with Crippen LogP contribution in [0.1, 0.15) is 21.7 Å². The average molecular weight is 350 g/mol. The Balaban J connectivity index is 1.64. The summed E-state index contributed by atoms with van der Waals surface area (Å²) in [5.74, 6) is 0.231. The van der Waals surface area contributed by atoms with Crippen molar-refractivity contribution in [2.75, 3.05) is 24.3 Å². The molecule has 7 heteroatoms. The van der Waals surface area contributed by atoms with Crippen LogP contribution in [0.2, 0.25) is 0 Å². The molecule has 26 heavy (non-hydrogen) atoms. The first-order valence-electron chi connectivity index (χ1n) is 8.42. The van der Waals surface area contributed by atoms with E-state index in [4.69, 9.17) is 0 Å². The van der Waals surface area contributed by atoms with Crippen LogP contribution in [-0.4, -0.2) is 39.8 Å². The van der Waals surface area contributed by atoms with Gasteiger partial charge in [-0.05, 0) is 25.0 Å². The third-order valence-corrected chi connectivity index (χ3v) is 3.84. The number of anilines is 2. The summed E-state index contributed by atoms with van der Waals surface area (Å²) in [4.78, 5) is 22.8. The van der Waals surface area contributed by atoms with E-state index in [1.807, 2.05) is 50.1 Å². The molecule has 0 saturated heterocycles. The van der Waals surface area contributed by atoms with Crippen LogP contribution in [0, 0.1) is 6.92 Å². The summed E-state index contributed by atoms with van der Waals surface area (Å²) in [6.07, 6.45) is 4.35. The molecule has 134 valence electrons. The van der Waals surface area contributed by atoms with Gasteiger partial charge in [-0.3, -0.25) is 9.48 Å². The molecule has 1 N–H and O–H groups in total. The van der Waals surface area contributed by atoms with Crippen LogP contribution in [0.5, 0.6) is 0 Å². The molecule has 0 bridgehead atoms. The van der Waals surface area contributed by atoms with E-state index in [1.165, 1.54) is 5.56 Å². The first-order chi connectivity index (χ1) is 12.5. The van der Waals surface area contributed by atoms with Crippen LogP contribution in [-0.2, 0) is 13.0 Å². The van der Waals surface area contributed by atoms with Crippen molar-refractivity contribution < 1.29 is 4.79 Å². The summed E-state index contributed by atoms with van der Waals surface area (Å²) in [6, 6.07) is 11.9. The molecule has 3 rings (SSSR count). The van der Waals surface area contributed by atoms with Crippen molar-refractivity contribution >= 4 is 17.5 Å². The Labute approximate surface area is 152 Å². The normalized spacial score (nSPS) is 10.6. The van der Waals surface area contributed by atoms with Crippen LogP contribution in [0.4, 0.5) is 11.6 Å². The number of carbonyl (C=O) groups is 1. The molecule has 0 saturated carbocycles. The molecule has 0 aliphatic rings. The van der Waals surface area contributed by atoms with Crippen LogP contribution in [0.3, 0.4) is 0 Å². The van der Waals surface area contributed by atoms with Crippen molar-refractivity contribution in [3.05, 3.63) is 65.7 Å². The number of aromatic nitrogens is 4. The fraction of sp³-hybridized carbons (Fsp3) is 0.263. The second-order valence-electron chi connectivity index (χ2n) is 6.27. The molecule has 3 aromatic rings. The largest absolute Gasteiger partial charge is 0.347 e. The predicted molar refractivity (Wildman–Crippen MR) is 101 cm³/mol. The summed E-state index contributed by atoms with van der Waals surface area (Å²) < 4.78 is 1.82. The van der Waals surface area contributed by atoms with Crippen LogP contribution < -0.4 is 10.2 Å². The van der Waals surface area contributed by atoms with Gasteiger partial charge in [0.05, 0.1) is 11.9 Å². The number of rotatable bonds is 6. The lowest BCUT2D eigenvalue weighted by Gasteiger charge is -2.12. The molecule has 2 aromatic heterocycles. The molecule has 0 spiro atoms. The Kier molecular flexibility index (Phi) is 5.26. The van der Waals surface area contributed by atoms with Gasteiger partial charge in [-0.1, -0.05) is 30.3 Å². The molecule has 7 nitrogen and oxygen atoms in total. The number of amides is 1. The highest BCUT2D eigenvalue weighted by Gasteiger charge is 2.13. The molecule has 1 amide bonds. The molecule has 0 atom stereocenters. The molecule has 1 aromatic carbocycles. The second kappa shape index (κ2) is 7.77. The summed E-state index contributed by atoms with van der Waals surface area (Å²) in [6.45, 7) is 2.59. The van der Waals surface area contributed by atoms with Crippen LogP contribution in [0.25, 0.3) is 0 Å². The number of nitrogens with one attached hydrogen (secondary N) is 1. The Morgan fingerprint density at radius 1 is 1.19 bits per heavy atom. The lowest BCUT2D eigenvalue weighted by Crippen LogP contribution is -2.19. The van der Waals surface area contributed by atoms with E-state index in [2.05, 4.69) is 32.5 Å². The summed E-state index contributed by atoms with van der Waals surface area (Å²) in [5, 5.41) is 7.14. The van der Waals surface area contributed by atoms with Crippen molar-refractivity contribution in [3.8, 4) is 0 Å². The predicted octanol–water partition coefficient (Wildman–Crippen LogP) is 2.54. The van der Waals surface area contributed by atoms with Gasteiger partial charge in [-0.15, -0.1) is 0 Å². The van der Waals surface area contributed by atoms with Gasteiger partial charge in [0.15, 0.2) is 0 Å². The Morgan fingerprint density at radius 3 is 2.69 bits per heavy atom. The van der Waals surface area contributed by atoms with E-state index in [1.54, 1.807) is 17.2 Å². The molecule has 0 unspecified atom stereocenters. The maximum atomic E-state index is 12.5. The van der Waals surface area contributed by atoms with E-state index in [9.17, 15) is 4.79 Å². The first kappa shape index (κ1) is 17.6. The molecule has 0 fully saturated rings. The minimum absolute atomic E-state index is 0.277. The quantitative estimate of drug-likeness (QED) is 0.739. The van der Waals surface area contributed by atoms with E-state index >= 15 is 0 Å². The van der Waals surface area contributed by atoms with E-state index in [0.717, 1.165) is 18.7 Å². The summed E-state index contributed by atoms with van der Waals surface area (Å²) in [7, 11) is 3.68. The lowest BCUT2D eigenvalue weighted by atomic mass is 10.1. The Hall–Kier alpha value is -3.22. The molecule has 0 aliphatic heterocycles. The maximum Gasteiger partial charge on any atom is 0.274 e. The zero-order chi connectivity index (χ0) is 18.5. The number of benzene rings is 1. The molecule has 2 heterocycles. The third-order valence-electron chi connectivity index (χ3n) is 3.84. The van der Waals surface area contributed by atoms with Gasteiger partial charge in [0.1, 0.15) is 5.69 Å². The van der Waals surface area contributed by atoms with Crippen molar-refractivity contribution in [2.24, 2.45) is 0 Å². The third kappa shape index (κ3) is 4.44. The number of hydrogen-bond donors (Lipinski definition) is 1. The van der Waals surface area contributed by atoms with Gasteiger partial charge in [-0.25, -0.2) is 9.97 Å². The summed E-state index contributed by atoms with van der Waals surface area (Å²) in [5.41, 5.74) is 2.97. The van der Waals surface area contributed by atoms with E-state index < -0.39 is 0 Å². The van der Waals surface area contributed by atoms with Crippen LogP contribution in [0.15, 0.2) is 48.8 Å². The Bertz CT molecular complexity index is 888. The smallest absolute Gasteiger partial charge is 0.274 e. The molecule has 0 aliphatic carbocycles. The van der Waals surface area contributed by atoms with E-state index in [0.29, 0.717) is 17.3 Å². The highest BCUT2D eigenvalue weighted by molar-refractivity contribution is 6.02. The number of carbonyl (C=O) groups excluding carboxylic acids is 1. The zero-order valence-electron chi connectivity index (χ0n) is 15.2. The van der Waals surface area contributed by atoms with Crippen molar-refractivity contribution in [2.45, 2.75) is 19.9 Å². The Morgan fingerprint density at radius 2 is 1.96 bits per heavy atom. The van der Waals surface area contributed by atoms with Crippen molar-refractivity contribution in [1.29, 1.82) is 0 Å². The van der Waals surface area contributed by atoms with Gasteiger partial charge >= 0.3 is 0 Å². The van der Waals surface area contributed by atoms with Gasteiger partial charge in [0.25, 0.3) is 5.91 Å². The van der Waals surface area contributed by atoms with Crippen LogP contribution >= 0.6 is 0 Å². The lowest BCUT2D eigenvalue weighted by molar-refractivity contribution is 0.102. The summed E-state index contributed by atoms with van der Waals surface area (Å²) >= 11 is 0. The molecular weight excluding hydrogens is 328 g/mol. The highest BCUT2D eigenvalue weighted by Crippen LogP contribution is 2.11. The molecular formula is C19H22N6O. The number of aryl methyl sites for hydroxylation is 3. The average Bonchev–Trinajstić information content (AvgIpc) is 3.07. The minimum Gasteiger partial charge on any atom is -0.347 e. The monoisotopic (exact) mass is 350 g/mol.